The molecule has 0 bridgehead atoms. The Hall–Kier alpha value is -0.240. The van der Waals surface area contributed by atoms with Gasteiger partial charge < -0.3 is 0 Å². The second kappa shape index (κ2) is 4.52. The van der Waals surface area contributed by atoms with Crippen LogP contribution in [0.5, 0.6) is 0 Å². The van der Waals surface area contributed by atoms with E-state index >= 15 is 0 Å². The van der Waals surface area contributed by atoms with Crippen LogP contribution in [0.25, 0.3) is 0 Å². The fourth-order valence-electron chi connectivity index (χ4n) is 0.693. The van der Waals surface area contributed by atoms with Gasteiger partial charge in [-0.15, -0.1) is 10.2 Å². The highest BCUT2D eigenvalue weighted by Gasteiger charge is 2.07. The number of hydrogen-bond acceptors (Lipinski definition) is 6. The summed E-state index contributed by atoms with van der Waals surface area (Å²) < 4.78 is 1.61. The van der Waals surface area contributed by atoms with E-state index < -0.39 is 0 Å². The summed E-state index contributed by atoms with van der Waals surface area (Å²) in [6.07, 6.45) is 1.61. The first-order valence-electron chi connectivity index (χ1n) is 3.38. The minimum Gasteiger partial charge on any atom is -0.225 e. The molecule has 72 valence electrons. The van der Waals surface area contributed by atoms with Gasteiger partial charge in [-0.1, -0.05) is 11.3 Å². The monoisotopic (exact) mass is 308 g/mol. The topological polar surface area (TPSA) is 51.6 Å². The van der Waals surface area contributed by atoms with E-state index in [1.165, 1.54) is 23.1 Å². The Bertz CT molecular complexity index is 435. The lowest BCUT2D eigenvalue weighted by molar-refractivity contribution is 0.993. The zero-order chi connectivity index (χ0) is 9.97. The van der Waals surface area contributed by atoms with Crippen molar-refractivity contribution in [3.05, 3.63) is 21.5 Å². The maximum Gasteiger partial charge on any atom is 0.223 e. The fraction of sp³-hybridized carbons (Fsp3) is 0. The van der Waals surface area contributed by atoms with Gasteiger partial charge in [0.2, 0.25) is 5.28 Å². The summed E-state index contributed by atoms with van der Waals surface area (Å²) in [6.45, 7) is 0. The van der Waals surface area contributed by atoms with Gasteiger partial charge in [-0.25, -0.2) is 9.97 Å². The molecule has 0 amide bonds. The highest BCUT2D eigenvalue weighted by atomic mass is 79.9. The summed E-state index contributed by atoms with van der Waals surface area (Å²) >= 11 is 11.8. The van der Waals surface area contributed by atoms with E-state index in [1.54, 1.807) is 11.7 Å². The van der Waals surface area contributed by atoms with Crippen molar-refractivity contribution in [1.29, 1.82) is 0 Å². The highest BCUT2D eigenvalue weighted by molar-refractivity contribution is 9.10. The van der Waals surface area contributed by atoms with Crippen molar-refractivity contribution in [2.75, 3.05) is 0 Å². The van der Waals surface area contributed by atoms with E-state index in [0.717, 1.165) is 13.8 Å². The molecular formula is C6H2BrClN4S2. The van der Waals surface area contributed by atoms with E-state index in [-0.39, 0.29) is 5.28 Å². The smallest absolute Gasteiger partial charge is 0.223 e. The minimum atomic E-state index is 0.222. The second-order valence-corrected chi connectivity index (χ2v) is 5.36. The number of nitrogens with zero attached hydrogens (tertiary/aromatic N) is 4. The maximum atomic E-state index is 5.67. The Morgan fingerprint density at radius 3 is 3.07 bits per heavy atom. The van der Waals surface area contributed by atoms with Gasteiger partial charge >= 0.3 is 0 Å². The average molecular weight is 310 g/mol. The summed E-state index contributed by atoms with van der Waals surface area (Å²) in [5, 5.41) is 8.58. The molecule has 0 unspecified atom stereocenters. The molecule has 0 aliphatic carbocycles. The van der Waals surface area contributed by atoms with Gasteiger partial charge in [0.25, 0.3) is 0 Å². The van der Waals surface area contributed by atoms with Crippen LogP contribution in [0.4, 0.5) is 0 Å². The molecule has 0 N–H and O–H groups in total. The third-order valence-corrected chi connectivity index (χ3v) is 4.01. The van der Waals surface area contributed by atoms with Crippen molar-refractivity contribution in [2.24, 2.45) is 0 Å². The minimum absolute atomic E-state index is 0.222. The first-order valence-corrected chi connectivity index (χ1v) is 6.24. The number of aromatic nitrogens is 4. The zero-order valence-electron chi connectivity index (χ0n) is 6.52. The molecule has 0 saturated carbocycles. The van der Waals surface area contributed by atoms with Gasteiger partial charge in [-0.3, -0.25) is 0 Å². The van der Waals surface area contributed by atoms with E-state index in [4.69, 9.17) is 11.6 Å². The Morgan fingerprint density at radius 2 is 2.36 bits per heavy atom. The molecule has 0 radical (unpaired) electrons. The van der Waals surface area contributed by atoms with Crippen molar-refractivity contribution >= 4 is 50.6 Å². The summed E-state index contributed by atoms with van der Waals surface area (Å²) in [7, 11) is 0. The Labute approximate surface area is 101 Å². The first kappa shape index (κ1) is 10.3. The molecule has 0 spiro atoms. The van der Waals surface area contributed by atoms with E-state index in [1.807, 2.05) is 0 Å². The summed E-state index contributed by atoms with van der Waals surface area (Å²) in [5.41, 5.74) is 1.67. The largest absolute Gasteiger partial charge is 0.225 e. The van der Waals surface area contributed by atoms with Crippen LogP contribution in [0.3, 0.4) is 0 Å². The SMILES string of the molecule is Clc1ncc(Br)c(Sc2nncs2)n1. The second-order valence-electron chi connectivity index (χ2n) is 2.10. The lowest BCUT2D eigenvalue weighted by atomic mass is 10.7. The number of rotatable bonds is 2. The van der Waals surface area contributed by atoms with Crippen LogP contribution in [0.15, 0.2) is 25.5 Å². The highest BCUT2D eigenvalue weighted by Crippen LogP contribution is 2.32. The molecule has 0 aliphatic rings. The van der Waals surface area contributed by atoms with Crippen molar-refractivity contribution in [3.63, 3.8) is 0 Å². The maximum absolute atomic E-state index is 5.67. The molecule has 0 aliphatic heterocycles. The van der Waals surface area contributed by atoms with Gasteiger partial charge in [0.1, 0.15) is 10.5 Å². The van der Waals surface area contributed by atoms with Gasteiger partial charge in [0, 0.05) is 6.20 Å². The third kappa shape index (κ3) is 2.41. The number of halogens is 2. The molecule has 0 fully saturated rings. The van der Waals surface area contributed by atoms with Crippen LogP contribution in [0.1, 0.15) is 0 Å². The molecule has 2 aromatic rings. The average Bonchev–Trinajstić information content (AvgIpc) is 2.64. The van der Waals surface area contributed by atoms with Gasteiger partial charge in [0.05, 0.1) is 4.47 Å². The Balaban J connectivity index is 2.28. The predicted octanol–water partition coefficient (Wildman–Crippen LogP) is 2.90. The molecule has 8 heteroatoms. The Kier molecular flexibility index (Phi) is 3.32. The van der Waals surface area contributed by atoms with Crippen LogP contribution in [-0.4, -0.2) is 20.2 Å². The van der Waals surface area contributed by atoms with Crippen molar-refractivity contribution in [2.45, 2.75) is 9.37 Å². The predicted molar refractivity (Wildman–Crippen MR) is 58.8 cm³/mol. The van der Waals surface area contributed by atoms with E-state index in [0.29, 0.717) is 0 Å². The molecule has 2 rings (SSSR count). The summed E-state index contributed by atoms with van der Waals surface area (Å²) in [4.78, 5) is 7.89. The van der Waals surface area contributed by atoms with E-state index in [9.17, 15) is 0 Å². The molecule has 2 heterocycles. The molecule has 4 nitrogen and oxygen atoms in total. The van der Waals surface area contributed by atoms with Crippen LogP contribution >= 0.6 is 50.6 Å². The van der Waals surface area contributed by atoms with Gasteiger partial charge in [0.15, 0.2) is 4.34 Å². The normalized spacial score (nSPS) is 10.4. The van der Waals surface area contributed by atoms with Crippen molar-refractivity contribution in [1.82, 2.24) is 20.2 Å². The molecule has 0 saturated heterocycles. The van der Waals surface area contributed by atoms with Crippen LogP contribution < -0.4 is 0 Å². The van der Waals surface area contributed by atoms with E-state index in [2.05, 4.69) is 36.1 Å². The van der Waals surface area contributed by atoms with Crippen LogP contribution in [-0.2, 0) is 0 Å². The molecular weight excluding hydrogens is 308 g/mol. The lowest BCUT2D eigenvalue weighted by Gasteiger charge is -1.98. The van der Waals surface area contributed by atoms with Crippen LogP contribution in [0.2, 0.25) is 5.28 Å². The lowest BCUT2D eigenvalue weighted by Crippen LogP contribution is -1.86. The standard InChI is InChI=1S/C6H2BrClN4S2/c7-3-1-9-5(8)11-4(3)14-6-12-10-2-13-6/h1-2H. The van der Waals surface area contributed by atoms with Crippen molar-refractivity contribution in [3.8, 4) is 0 Å². The summed E-state index contributed by atoms with van der Waals surface area (Å²) in [5.74, 6) is 0. The van der Waals surface area contributed by atoms with Crippen molar-refractivity contribution < 1.29 is 0 Å². The Morgan fingerprint density at radius 1 is 1.50 bits per heavy atom. The first-order chi connectivity index (χ1) is 6.75. The molecule has 0 atom stereocenters. The van der Waals surface area contributed by atoms with Gasteiger partial charge in [-0.2, -0.15) is 0 Å². The molecule has 0 aromatic carbocycles. The van der Waals surface area contributed by atoms with Crippen LogP contribution in [0, 0.1) is 0 Å². The summed E-state index contributed by atoms with van der Waals surface area (Å²) in [6, 6.07) is 0. The fourth-order valence-corrected chi connectivity index (χ4v) is 2.68. The quantitative estimate of drug-likeness (QED) is 0.630. The molecule has 14 heavy (non-hydrogen) atoms. The molecule has 2 aromatic heterocycles. The zero-order valence-corrected chi connectivity index (χ0v) is 10.5. The third-order valence-electron chi connectivity index (χ3n) is 1.21. The number of hydrogen-bond donors (Lipinski definition) is 0. The van der Waals surface area contributed by atoms with Gasteiger partial charge in [-0.05, 0) is 39.3 Å².